The van der Waals surface area contributed by atoms with Crippen LogP contribution in [0.4, 0.5) is 0 Å². The Morgan fingerprint density at radius 1 is 1.43 bits per heavy atom. The van der Waals surface area contributed by atoms with Crippen molar-refractivity contribution >= 4 is 22.9 Å². The zero-order valence-corrected chi connectivity index (χ0v) is 15.6. The molecule has 2 aromatic rings. The summed E-state index contributed by atoms with van der Waals surface area (Å²) in [5.74, 6) is 0.653. The number of nitrogens with zero attached hydrogens (tertiary/aromatic N) is 3. The smallest absolute Gasteiger partial charge is 0.173 e. The van der Waals surface area contributed by atoms with Crippen LogP contribution in [0.1, 0.15) is 44.4 Å². The van der Waals surface area contributed by atoms with E-state index in [1.54, 1.807) is 13.3 Å². The number of methoxy groups -OCH3 is 1. The molecule has 0 radical (unpaired) electrons. The lowest BCUT2D eigenvalue weighted by Crippen LogP contribution is -2.40. The lowest BCUT2D eigenvalue weighted by molar-refractivity contribution is 0.181. The molecule has 0 aliphatic heterocycles. The molecule has 8 heteroatoms. The van der Waals surface area contributed by atoms with E-state index in [1.807, 2.05) is 39.8 Å². The Balaban J connectivity index is 2.12. The first-order valence-electron chi connectivity index (χ1n) is 7.27. The van der Waals surface area contributed by atoms with Gasteiger partial charge in [0.15, 0.2) is 5.82 Å². The zero-order chi connectivity index (χ0) is 17.0. The zero-order valence-electron chi connectivity index (χ0n) is 14.0. The summed E-state index contributed by atoms with van der Waals surface area (Å²) in [6.45, 7) is 8.19. The fraction of sp³-hybridized carbons (Fsp3) is 0.533. The van der Waals surface area contributed by atoms with E-state index in [0.29, 0.717) is 12.4 Å². The predicted molar refractivity (Wildman–Crippen MR) is 93.3 cm³/mol. The van der Waals surface area contributed by atoms with Crippen LogP contribution in [0.3, 0.4) is 0 Å². The van der Waals surface area contributed by atoms with E-state index < -0.39 is 11.4 Å². The van der Waals surface area contributed by atoms with E-state index in [2.05, 4.69) is 19.1 Å². The number of ether oxygens (including phenoxy) is 1. The number of rotatable bonds is 6. The third-order valence-corrected chi connectivity index (χ3v) is 5.60. The number of hydrogen-bond donors (Lipinski definition) is 1. The van der Waals surface area contributed by atoms with Crippen LogP contribution in [0.15, 0.2) is 18.3 Å². The standard InChI is InChI=1S/C15H22N4O2S2/c1-10(19-23(20)15(2,3)4)14-17-13(18-22-14)11-6-7-16-12(8-11)9-21-5/h6-8,10,19H,9H2,1-5H3/t10-,23?/m0/s1. The topological polar surface area (TPSA) is 83.0 Å². The van der Waals surface area contributed by atoms with Gasteiger partial charge in [0.05, 0.1) is 12.3 Å². The molecule has 0 amide bonds. The molecule has 0 bridgehead atoms. The Morgan fingerprint density at radius 3 is 2.83 bits per heavy atom. The molecule has 0 aliphatic rings. The number of aromatic nitrogens is 3. The number of hydrogen-bond acceptors (Lipinski definition) is 7. The second-order valence-electron chi connectivity index (χ2n) is 6.15. The van der Waals surface area contributed by atoms with Crippen LogP contribution in [0, 0.1) is 0 Å². The molecule has 23 heavy (non-hydrogen) atoms. The third-order valence-electron chi connectivity index (χ3n) is 3.02. The van der Waals surface area contributed by atoms with Crippen molar-refractivity contribution in [1.82, 2.24) is 19.1 Å². The second-order valence-corrected chi connectivity index (χ2v) is 8.93. The van der Waals surface area contributed by atoms with Crippen molar-refractivity contribution in [1.29, 1.82) is 0 Å². The SMILES string of the molecule is COCc1cc(-c2nsc([C@H](C)N[S+]([O-])C(C)(C)C)n2)ccn1. The van der Waals surface area contributed by atoms with Gasteiger partial charge >= 0.3 is 0 Å². The first-order valence-corrected chi connectivity index (χ1v) is 9.19. The largest absolute Gasteiger partial charge is 0.598 e. The van der Waals surface area contributed by atoms with Gasteiger partial charge in [-0.2, -0.15) is 4.37 Å². The van der Waals surface area contributed by atoms with Crippen LogP contribution in [-0.2, 0) is 22.7 Å². The highest BCUT2D eigenvalue weighted by Crippen LogP contribution is 2.24. The molecule has 2 aromatic heterocycles. The summed E-state index contributed by atoms with van der Waals surface area (Å²) in [6, 6.07) is 3.67. The Kier molecular flexibility index (Phi) is 6.10. The molecule has 1 N–H and O–H groups in total. The van der Waals surface area contributed by atoms with Crippen molar-refractivity contribution < 1.29 is 9.29 Å². The normalized spacial score (nSPS) is 14.7. The van der Waals surface area contributed by atoms with Gasteiger partial charge in [0.25, 0.3) is 0 Å². The Bertz CT molecular complexity index is 642. The number of pyridine rings is 1. The van der Waals surface area contributed by atoms with Gasteiger partial charge in [-0.25, -0.2) is 4.98 Å². The van der Waals surface area contributed by atoms with Crippen LogP contribution in [0.2, 0.25) is 0 Å². The summed E-state index contributed by atoms with van der Waals surface area (Å²) >= 11 is 0.167. The van der Waals surface area contributed by atoms with Crippen molar-refractivity contribution in [2.24, 2.45) is 0 Å². The highest BCUT2D eigenvalue weighted by atomic mass is 32.2. The highest BCUT2D eigenvalue weighted by molar-refractivity contribution is 7.90. The summed E-state index contributed by atoms with van der Waals surface area (Å²) < 4.78 is 24.4. The van der Waals surface area contributed by atoms with Crippen LogP contribution >= 0.6 is 11.5 Å². The van der Waals surface area contributed by atoms with Crippen LogP contribution in [0.25, 0.3) is 11.4 Å². The third kappa shape index (κ3) is 4.95. The molecular weight excluding hydrogens is 332 g/mol. The van der Waals surface area contributed by atoms with E-state index in [-0.39, 0.29) is 10.8 Å². The minimum atomic E-state index is -1.15. The van der Waals surface area contributed by atoms with Gasteiger partial charge in [-0.05, 0) is 51.4 Å². The molecule has 0 fully saturated rings. The summed E-state index contributed by atoms with van der Waals surface area (Å²) in [6.07, 6.45) is 1.72. The van der Waals surface area contributed by atoms with Gasteiger partial charge in [-0.1, -0.05) is 0 Å². The van der Waals surface area contributed by atoms with Gasteiger partial charge in [0.2, 0.25) is 0 Å². The fourth-order valence-corrected chi connectivity index (χ4v) is 3.29. The molecule has 0 spiro atoms. The molecule has 1 unspecified atom stereocenters. The molecule has 2 rings (SSSR count). The highest BCUT2D eigenvalue weighted by Gasteiger charge is 2.29. The molecule has 0 saturated heterocycles. The lowest BCUT2D eigenvalue weighted by Gasteiger charge is -2.25. The number of nitrogens with one attached hydrogen (secondary N) is 1. The maximum absolute atomic E-state index is 12.2. The Labute approximate surface area is 144 Å². The molecular formula is C15H22N4O2S2. The van der Waals surface area contributed by atoms with E-state index in [1.165, 1.54) is 11.5 Å². The van der Waals surface area contributed by atoms with Crippen molar-refractivity contribution in [2.45, 2.75) is 45.1 Å². The van der Waals surface area contributed by atoms with Crippen molar-refractivity contribution in [2.75, 3.05) is 7.11 Å². The van der Waals surface area contributed by atoms with E-state index in [0.717, 1.165) is 16.3 Å². The summed E-state index contributed by atoms with van der Waals surface area (Å²) in [4.78, 5) is 8.79. The first kappa shape index (κ1) is 18.3. The molecule has 6 nitrogen and oxygen atoms in total. The van der Waals surface area contributed by atoms with Gasteiger partial charge in [0.1, 0.15) is 15.8 Å². The monoisotopic (exact) mass is 354 g/mol. The second kappa shape index (κ2) is 7.67. The molecule has 0 aliphatic carbocycles. The maximum atomic E-state index is 12.2. The van der Waals surface area contributed by atoms with E-state index in [9.17, 15) is 4.55 Å². The molecule has 0 aromatic carbocycles. The maximum Gasteiger partial charge on any atom is 0.173 e. The summed E-state index contributed by atoms with van der Waals surface area (Å²) in [7, 11) is 1.64. The Hall–Kier alpha value is -1.06. The van der Waals surface area contributed by atoms with E-state index in [4.69, 9.17) is 4.74 Å². The quantitative estimate of drug-likeness (QED) is 0.803. The minimum absolute atomic E-state index is 0.124. The van der Waals surface area contributed by atoms with Crippen LogP contribution in [-0.4, -0.2) is 30.8 Å². The Morgan fingerprint density at radius 2 is 2.17 bits per heavy atom. The summed E-state index contributed by atoms with van der Waals surface area (Å²) in [5.41, 5.74) is 1.74. The van der Waals surface area contributed by atoms with Gasteiger partial charge in [0, 0.05) is 30.2 Å². The summed E-state index contributed by atoms with van der Waals surface area (Å²) in [5, 5.41) is 0.808. The molecule has 2 atom stereocenters. The van der Waals surface area contributed by atoms with Crippen LogP contribution < -0.4 is 4.72 Å². The predicted octanol–water partition coefficient (Wildman–Crippen LogP) is 2.86. The minimum Gasteiger partial charge on any atom is -0.598 e. The lowest BCUT2D eigenvalue weighted by atomic mass is 10.2. The molecule has 126 valence electrons. The average molecular weight is 355 g/mol. The first-order chi connectivity index (χ1) is 10.8. The van der Waals surface area contributed by atoms with Gasteiger partial charge in [-0.3, -0.25) is 4.98 Å². The average Bonchev–Trinajstić information content (AvgIpc) is 2.97. The van der Waals surface area contributed by atoms with Gasteiger partial charge < -0.3 is 9.29 Å². The van der Waals surface area contributed by atoms with Crippen molar-refractivity contribution in [3.8, 4) is 11.4 Å². The molecule has 2 heterocycles. The van der Waals surface area contributed by atoms with Crippen molar-refractivity contribution in [3.63, 3.8) is 0 Å². The van der Waals surface area contributed by atoms with Gasteiger partial charge in [-0.15, -0.1) is 4.72 Å². The van der Waals surface area contributed by atoms with Crippen molar-refractivity contribution in [3.05, 3.63) is 29.0 Å². The fourth-order valence-electron chi connectivity index (χ4n) is 1.76. The molecule has 0 saturated carbocycles. The van der Waals surface area contributed by atoms with Crippen LogP contribution in [0.5, 0.6) is 0 Å². The van der Waals surface area contributed by atoms with E-state index >= 15 is 0 Å².